The van der Waals surface area contributed by atoms with E-state index >= 15 is 0 Å². The molecular weight excluding hydrogens is 364 g/mol. The molecule has 0 unspecified atom stereocenters. The van der Waals surface area contributed by atoms with Crippen LogP contribution in [0.3, 0.4) is 0 Å². The van der Waals surface area contributed by atoms with E-state index in [9.17, 15) is 22.0 Å². The van der Waals surface area contributed by atoms with E-state index < -0.39 is 21.7 Å². The number of carbonyl (C=O) groups is 1. The number of benzene rings is 1. The standard InChI is InChI=1S/C17H25F2N3O3S/c1-2-9-26(24,25)22-16-11-15(13(18)10-14(16)19)21-17(23)4-3-12-5-7-20-8-6-12/h10-12,20,22H,2-9H2,1H3,(H,21,23). The second-order valence-electron chi connectivity index (χ2n) is 6.51. The molecule has 0 saturated carbocycles. The van der Waals surface area contributed by atoms with Crippen molar-refractivity contribution in [3.8, 4) is 0 Å². The number of amides is 1. The maximum Gasteiger partial charge on any atom is 0.232 e. The molecule has 1 amide bonds. The second kappa shape index (κ2) is 9.27. The number of rotatable bonds is 8. The number of nitrogens with one attached hydrogen (secondary N) is 3. The van der Waals surface area contributed by atoms with Crippen LogP contribution >= 0.6 is 0 Å². The lowest BCUT2D eigenvalue weighted by Crippen LogP contribution is -2.28. The van der Waals surface area contributed by atoms with Gasteiger partial charge in [0.1, 0.15) is 11.6 Å². The Bertz CT molecular complexity index is 735. The zero-order valence-electron chi connectivity index (χ0n) is 14.8. The first kappa shape index (κ1) is 20.6. The molecule has 2 rings (SSSR count). The molecule has 3 N–H and O–H groups in total. The molecule has 1 saturated heterocycles. The molecule has 1 heterocycles. The summed E-state index contributed by atoms with van der Waals surface area (Å²) in [5, 5.41) is 5.65. The van der Waals surface area contributed by atoms with Crippen molar-refractivity contribution in [2.75, 3.05) is 28.9 Å². The highest BCUT2D eigenvalue weighted by Gasteiger charge is 2.18. The summed E-state index contributed by atoms with van der Waals surface area (Å²) in [4.78, 5) is 12.1. The Morgan fingerprint density at radius 3 is 2.50 bits per heavy atom. The lowest BCUT2D eigenvalue weighted by molar-refractivity contribution is -0.116. The summed E-state index contributed by atoms with van der Waals surface area (Å²) in [6, 6.07) is 1.53. The molecule has 9 heteroatoms. The molecule has 0 aromatic heterocycles. The molecule has 1 aromatic rings. The van der Waals surface area contributed by atoms with Crippen molar-refractivity contribution in [3.63, 3.8) is 0 Å². The Morgan fingerprint density at radius 2 is 1.85 bits per heavy atom. The highest BCUT2D eigenvalue weighted by Crippen LogP contribution is 2.25. The van der Waals surface area contributed by atoms with Crippen molar-refractivity contribution < 1.29 is 22.0 Å². The predicted octanol–water partition coefficient (Wildman–Crippen LogP) is 2.83. The molecule has 0 aliphatic carbocycles. The molecule has 0 radical (unpaired) electrons. The average Bonchev–Trinajstić information content (AvgIpc) is 2.58. The van der Waals surface area contributed by atoms with E-state index in [1.165, 1.54) is 0 Å². The van der Waals surface area contributed by atoms with Crippen LogP contribution in [-0.4, -0.2) is 33.2 Å². The van der Waals surface area contributed by atoms with Gasteiger partial charge in [-0.15, -0.1) is 0 Å². The van der Waals surface area contributed by atoms with Crippen LogP contribution in [0.15, 0.2) is 12.1 Å². The third-order valence-electron chi connectivity index (χ3n) is 4.31. The number of piperidine rings is 1. The van der Waals surface area contributed by atoms with Crippen LogP contribution in [0.25, 0.3) is 0 Å². The number of hydrogen-bond acceptors (Lipinski definition) is 4. The van der Waals surface area contributed by atoms with Gasteiger partial charge in [-0.3, -0.25) is 9.52 Å². The zero-order valence-corrected chi connectivity index (χ0v) is 15.6. The van der Waals surface area contributed by atoms with Gasteiger partial charge in [0, 0.05) is 12.5 Å². The molecule has 0 atom stereocenters. The van der Waals surface area contributed by atoms with Gasteiger partial charge in [0.2, 0.25) is 15.9 Å². The smallest absolute Gasteiger partial charge is 0.232 e. The molecule has 146 valence electrons. The zero-order chi connectivity index (χ0) is 19.2. The Hall–Kier alpha value is -1.74. The van der Waals surface area contributed by atoms with Crippen molar-refractivity contribution >= 4 is 27.3 Å². The molecule has 1 aliphatic rings. The van der Waals surface area contributed by atoms with Crippen molar-refractivity contribution in [2.24, 2.45) is 5.92 Å². The third-order valence-corrected chi connectivity index (χ3v) is 5.78. The fourth-order valence-corrected chi connectivity index (χ4v) is 4.06. The summed E-state index contributed by atoms with van der Waals surface area (Å²) >= 11 is 0. The van der Waals surface area contributed by atoms with Gasteiger partial charge in [-0.2, -0.15) is 0 Å². The summed E-state index contributed by atoms with van der Waals surface area (Å²) < 4.78 is 53.4. The highest BCUT2D eigenvalue weighted by molar-refractivity contribution is 7.92. The van der Waals surface area contributed by atoms with Crippen LogP contribution in [0.5, 0.6) is 0 Å². The molecule has 0 bridgehead atoms. The Kier molecular flexibility index (Phi) is 7.33. The minimum atomic E-state index is -3.72. The molecule has 1 fully saturated rings. The number of carbonyl (C=O) groups excluding carboxylic acids is 1. The predicted molar refractivity (Wildman–Crippen MR) is 97.5 cm³/mol. The van der Waals surface area contributed by atoms with Crippen LogP contribution in [0.2, 0.25) is 0 Å². The Labute approximate surface area is 152 Å². The largest absolute Gasteiger partial charge is 0.324 e. The molecule has 6 nitrogen and oxygen atoms in total. The van der Waals surface area contributed by atoms with Gasteiger partial charge >= 0.3 is 0 Å². The Balaban J connectivity index is 2.01. The van der Waals surface area contributed by atoms with Gasteiger partial charge in [0.15, 0.2) is 0 Å². The van der Waals surface area contributed by atoms with E-state index in [-0.39, 0.29) is 29.5 Å². The quantitative estimate of drug-likeness (QED) is 0.638. The van der Waals surface area contributed by atoms with Crippen LogP contribution in [0, 0.1) is 17.6 Å². The number of sulfonamides is 1. The number of halogens is 2. The molecule has 1 aliphatic heterocycles. The van der Waals surface area contributed by atoms with Gasteiger partial charge in [0.05, 0.1) is 17.1 Å². The summed E-state index contributed by atoms with van der Waals surface area (Å²) in [7, 11) is -3.72. The SMILES string of the molecule is CCCS(=O)(=O)Nc1cc(NC(=O)CCC2CCNCC2)c(F)cc1F. The van der Waals surface area contributed by atoms with E-state index in [0.717, 1.165) is 32.0 Å². The van der Waals surface area contributed by atoms with Gasteiger partial charge in [-0.1, -0.05) is 6.92 Å². The molecular formula is C17H25F2N3O3S. The summed E-state index contributed by atoms with van der Waals surface area (Å²) in [6.07, 6.45) is 3.30. The minimum Gasteiger partial charge on any atom is -0.324 e. The molecule has 26 heavy (non-hydrogen) atoms. The van der Waals surface area contributed by atoms with E-state index in [1.54, 1.807) is 6.92 Å². The van der Waals surface area contributed by atoms with E-state index in [2.05, 4.69) is 15.4 Å². The fourth-order valence-electron chi connectivity index (χ4n) is 2.93. The van der Waals surface area contributed by atoms with E-state index in [1.807, 2.05) is 0 Å². The van der Waals surface area contributed by atoms with Gasteiger partial charge < -0.3 is 10.6 Å². The van der Waals surface area contributed by atoms with Crippen LogP contribution in [0.4, 0.5) is 20.2 Å². The van der Waals surface area contributed by atoms with Gasteiger partial charge in [-0.25, -0.2) is 17.2 Å². The van der Waals surface area contributed by atoms with Gasteiger partial charge in [-0.05, 0) is 50.8 Å². The fraction of sp³-hybridized carbons (Fsp3) is 0.588. The molecule has 0 spiro atoms. The van der Waals surface area contributed by atoms with Crippen LogP contribution < -0.4 is 15.4 Å². The minimum absolute atomic E-state index is 0.179. The Morgan fingerprint density at radius 1 is 1.19 bits per heavy atom. The van der Waals surface area contributed by atoms with Crippen molar-refractivity contribution in [2.45, 2.75) is 39.0 Å². The summed E-state index contributed by atoms with van der Waals surface area (Å²) in [5.74, 6) is -2.08. The summed E-state index contributed by atoms with van der Waals surface area (Å²) in [6.45, 7) is 3.54. The first-order valence-electron chi connectivity index (χ1n) is 8.81. The molecule has 1 aromatic carbocycles. The monoisotopic (exact) mass is 389 g/mol. The highest BCUT2D eigenvalue weighted by atomic mass is 32.2. The average molecular weight is 389 g/mol. The van der Waals surface area contributed by atoms with Crippen LogP contribution in [0.1, 0.15) is 39.0 Å². The first-order valence-corrected chi connectivity index (χ1v) is 10.5. The van der Waals surface area contributed by atoms with E-state index in [4.69, 9.17) is 0 Å². The van der Waals surface area contributed by atoms with Crippen molar-refractivity contribution in [1.82, 2.24) is 5.32 Å². The first-order chi connectivity index (χ1) is 12.3. The summed E-state index contributed by atoms with van der Waals surface area (Å²) in [5.41, 5.74) is -0.621. The third kappa shape index (κ3) is 6.21. The maximum atomic E-state index is 13.9. The number of anilines is 2. The van der Waals surface area contributed by atoms with Gasteiger partial charge in [0.25, 0.3) is 0 Å². The maximum absolute atomic E-state index is 13.9. The second-order valence-corrected chi connectivity index (χ2v) is 8.35. The van der Waals surface area contributed by atoms with Crippen LogP contribution in [-0.2, 0) is 14.8 Å². The van der Waals surface area contributed by atoms with Crippen molar-refractivity contribution in [1.29, 1.82) is 0 Å². The lowest BCUT2D eigenvalue weighted by atomic mass is 9.93. The van der Waals surface area contributed by atoms with Crippen molar-refractivity contribution in [3.05, 3.63) is 23.8 Å². The normalized spacial score (nSPS) is 15.7. The lowest BCUT2D eigenvalue weighted by Gasteiger charge is -2.22. The number of hydrogen-bond donors (Lipinski definition) is 3. The van der Waals surface area contributed by atoms with E-state index in [0.29, 0.717) is 24.8 Å². The topological polar surface area (TPSA) is 87.3 Å².